The first-order valence-corrected chi connectivity index (χ1v) is 7.86. The van der Waals surface area contributed by atoms with E-state index in [1.807, 2.05) is 13.8 Å². The second kappa shape index (κ2) is 8.87. The highest BCUT2D eigenvalue weighted by atomic mass is 16.4. The van der Waals surface area contributed by atoms with Gasteiger partial charge in [0.25, 0.3) is 0 Å². The summed E-state index contributed by atoms with van der Waals surface area (Å²) >= 11 is 0. The zero-order valence-electron chi connectivity index (χ0n) is 13.0. The number of carbonyl (C=O) groups excluding carboxylic acids is 1. The summed E-state index contributed by atoms with van der Waals surface area (Å²) in [6.45, 7) is 4.00. The van der Waals surface area contributed by atoms with Gasteiger partial charge in [0.2, 0.25) is 0 Å². The number of aliphatic hydroxyl groups is 1. The molecule has 21 heavy (non-hydrogen) atoms. The van der Waals surface area contributed by atoms with Crippen molar-refractivity contribution >= 4 is 12.0 Å². The number of urea groups is 1. The van der Waals surface area contributed by atoms with Crippen molar-refractivity contribution in [3.8, 4) is 0 Å². The summed E-state index contributed by atoms with van der Waals surface area (Å²) in [6.07, 6.45) is 5.59. The second-order valence-corrected chi connectivity index (χ2v) is 6.18. The maximum atomic E-state index is 12.4. The van der Waals surface area contributed by atoms with Crippen LogP contribution < -0.4 is 5.32 Å². The average Bonchev–Trinajstić information content (AvgIpc) is 2.44. The van der Waals surface area contributed by atoms with Gasteiger partial charge in [-0.25, -0.2) is 9.59 Å². The minimum atomic E-state index is -1.01. The van der Waals surface area contributed by atoms with Gasteiger partial charge in [-0.15, -0.1) is 0 Å². The van der Waals surface area contributed by atoms with Crippen LogP contribution in [0.15, 0.2) is 0 Å². The number of hydrogen-bond donors (Lipinski definition) is 3. The van der Waals surface area contributed by atoms with Crippen LogP contribution in [0.25, 0.3) is 0 Å². The van der Waals surface area contributed by atoms with Crippen LogP contribution in [-0.4, -0.2) is 52.3 Å². The van der Waals surface area contributed by atoms with Gasteiger partial charge >= 0.3 is 12.0 Å². The number of rotatable bonds is 7. The van der Waals surface area contributed by atoms with Crippen LogP contribution in [0, 0.1) is 5.92 Å². The molecule has 0 spiro atoms. The Morgan fingerprint density at radius 2 is 1.86 bits per heavy atom. The van der Waals surface area contributed by atoms with E-state index in [1.54, 1.807) is 4.90 Å². The summed E-state index contributed by atoms with van der Waals surface area (Å²) < 4.78 is 0. The number of hydrogen-bond acceptors (Lipinski definition) is 3. The molecule has 0 unspecified atom stereocenters. The molecular formula is C15H28N2O4. The lowest BCUT2D eigenvalue weighted by Gasteiger charge is -2.34. The molecule has 0 aromatic rings. The fourth-order valence-electron chi connectivity index (χ4n) is 2.88. The smallest absolute Gasteiger partial charge is 0.326 e. The summed E-state index contributed by atoms with van der Waals surface area (Å²) in [5, 5.41) is 21.0. The zero-order valence-corrected chi connectivity index (χ0v) is 13.0. The summed E-state index contributed by atoms with van der Waals surface area (Å²) in [5.74, 6) is -0.822. The molecule has 1 saturated carbocycles. The van der Waals surface area contributed by atoms with Crippen molar-refractivity contribution in [2.24, 2.45) is 5.92 Å². The maximum Gasteiger partial charge on any atom is 0.326 e. The predicted molar refractivity (Wildman–Crippen MR) is 80.1 cm³/mol. The molecule has 1 aliphatic carbocycles. The molecule has 0 radical (unpaired) electrons. The van der Waals surface area contributed by atoms with E-state index in [9.17, 15) is 14.7 Å². The highest BCUT2D eigenvalue weighted by Crippen LogP contribution is 2.22. The van der Waals surface area contributed by atoms with Gasteiger partial charge in [0.05, 0.1) is 6.61 Å². The molecule has 0 bridgehead atoms. The second-order valence-electron chi connectivity index (χ2n) is 6.18. The lowest BCUT2D eigenvalue weighted by molar-refractivity contribution is -0.139. The maximum absolute atomic E-state index is 12.4. The van der Waals surface area contributed by atoms with Crippen molar-refractivity contribution in [2.45, 2.75) is 64.5 Å². The molecule has 0 saturated heterocycles. The van der Waals surface area contributed by atoms with Crippen LogP contribution >= 0.6 is 0 Å². The fraction of sp³-hybridized carbons (Fsp3) is 0.867. The standard InChI is InChI=1S/C15H28N2O4/c1-11(2)10-13(14(19)20)16-15(21)17(8-9-18)12-6-4-3-5-7-12/h11-13,18H,3-10H2,1-2H3,(H,16,21)(H,19,20)/t13-/m0/s1. The Labute approximate surface area is 126 Å². The minimum Gasteiger partial charge on any atom is -0.480 e. The van der Waals surface area contributed by atoms with Gasteiger partial charge < -0.3 is 20.4 Å². The van der Waals surface area contributed by atoms with E-state index >= 15 is 0 Å². The van der Waals surface area contributed by atoms with E-state index < -0.39 is 12.0 Å². The number of nitrogens with zero attached hydrogens (tertiary/aromatic N) is 1. The molecule has 3 N–H and O–H groups in total. The lowest BCUT2D eigenvalue weighted by Crippen LogP contribution is -2.52. The molecule has 122 valence electrons. The molecule has 1 aliphatic rings. The van der Waals surface area contributed by atoms with Gasteiger partial charge in [0.1, 0.15) is 6.04 Å². The van der Waals surface area contributed by atoms with Crippen LogP contribution in [0.5, 0.6) is 0 Å². The van der Waals surface area contributed by atoms with Gasteiger partial charge in [-0.2, -0.15) is 0 Å². The van der Waals surface area contributed by atoms with Gasteiger partial charge in [-0.1, -0.05) is 33.1 Å². The quantitative estimate of drug-likeness (QED) is 0.669. The molecule has 0 aliphatic heterocycles. The van der Waals surface area contributed by atoms with E-state index in [1.165, 1.54) is 6.42 Å². The van der Waals surface area contributed by atoms with Gasteiger partial charge in [0, 0.05) is 12.6 Å². The van der Waals surface area contributed by atoms with E-state index in [2.05, 4.69) is 5.32 Å². The summed E-state index contributed by atoms with van der Waals surface area (Å²) in [7, 11) is 0. The first-order chi connectivity index (χ1) is 9.95. The fourth-order valence-corrected chi connectivity index (χ4v) is 2.88. The van der Waals surface area contributed by atoms with Crippen molar-refractivity contribution in [1.29, 1.82) is 0 Å². The monoisotopic (exact) mass is 300 g/mol. The molecular weight excluding hydrogens is 272 g/mol. The number of aliphatic hydroxyl groups excluding tert-OH is 1. The molecule has 1 atom stereocenters. The van der Waals surface area contributed by atoms with Gasteiger partial charge in [-0.05, 0) is 25.2 Å². The third kappa shape index (κ3) is 5.91. The zero-order chi connectivity index (χ0) is 15.8. The topological polar surface area (TPSA) is 89.9 Å². The minimum absolute atomic E-state index is 0.105. The molecule has 0 aromatic carbocycles. The third-order valence-electron chi connectivity index (χ3n) is 3.92. The Bertz CT molecular complexity index is 341. The van der Waals surface area contributed by atoms with Crippen molar-refractivity contribution < 1.29 is 19.8 Å². The van der Waals surface area contributed by atoms with E-state index in [-0.39, 0.29) is 31.1 Å². The molecule has 0 aromatic heterocycles. The normalized spacial score (nSPS) is 17.5. The summed E-state index contributed by atoms with van der Waals surface area (Å²) in [6, 6.07) is -1.13. The highest BCUT2D eigenvalue weighted by molar-refractivity contribution is 5.82. The van der Waals surface area contributed by atoms with Crippen LogP contribution in [0.1, 0.15) is 52.4 Å². The summed E-state index contributed by atoms with van der Waals surface area (Å²) in [5.41, 5.74) is 0. The number of carboxylic acids is 1. The molecule has 1 fully saturated rings. The Kier molecular flexibility index (Phi) is 7.50. The van der Waals surface area contributed by atoms with Crippen molar-refractivity contribution in [2.75, 3.05) is 13.2 Å². The molecule has 2 amide bonds. The Hall–Kier alpha value is -1.30. The largest absolute Gasteiger partial charge is 0.480 e. The highest BCUT2D eigenvalue weighted by Gasteiger charge is 2.28. The first-order valence-electron chi connectivity index (χ1n) is 7.86. The third-order valence-corrected chi connectivity index (χ3v) is 3.92. The van der Waals surface area contributed by atoms with Crippen molar-refractivity contribution in [3.63, 3.8) is 0 Å². The van der Waals surface area contributed by atoms with Crippen molar-refractivity contribution in [3.05, 3.63) is 0 Å². The van der Waals surface area contributed by atoms with Crippen LogP contribution in [-0.2, 0) is 4.79 Å². The predicted octanol–water partition coefficient (Wildman–Crippen LogP) is 1.82. The Balaban J connectivity index is 2.67. The van der Waals surface area contributed by atoms with E-state index in [0.717, 1.165) is 25.7 Å². The van der Waals surface area contributed by atoms with E-state index in [4.69, 9.17) is 5.11 Å². The number of carbonyl (C=O) groups is 2. The number of carboxylic acid groups (broad SMARTS) is 1. The lowest BCUT2D eigenvalue weighted by atomic mass is 9.94. The molecule has 6 heteroatoms. The van der Waals surface area contributed by atoms with Gasteiger partial charge in [-0.3, -0.25) is 0 Å². The molecule has 0 heterocycles. The SMILES string of the molecule is CC(C)C[C@H](NC(=O)N(CCO)C1CCCCC1)C(=O)O. The van der Waals surface area contributed by atoms with Gasteiger partial charge in [0.15, 0.2) is 0 Å². The number of amides is 2. The van der Waals surface area contributed by atoms with Crippen LogP contribution in [0.4, 0.5) is 4.79 Å². The number of aliphatic carboxylic acids is 1. The van der Waals surface area contributed by atoms with Crippen LogP contribution in [0.2, 0.25) is 0 Å². The molecule has 6 nitrogen and oxygen atoms in total. The van der Waals surface area contributed by atoms with Crippen molar-refractivity contribution in [1.82, 2.24) is 10.2 Å². The average molecular weight is 300 g/mol. The van der Waals surface area contributed by atoms with Crippen LogP contribution in [0.3, 0.4) is 0 Å². The first kappa shape index (κ1) is 17.8. The Morgan fingerprint density at radius 3 is 2.33 bits per heavy atom. The molecule has 1 rings (SSSR count). The Morgan fingerprint density at radius 1 is 1.24 bits per heavy atom. The summed E-state index contributed by atoms with van der Waals surface area (Å²) in [4.78, 5) is 25.2. The number of nitrogens with one attached hydrogen (secondary N) is 1. The van der Waals surface area contributed by atoms with E-state index in [0.29, 0.717) is 6.42 Å².